The zero-order chi connectivity index (χ0) is 17.1. The molecule has 0 saturated carbocycles. The quantitative estimate of drug-likeness (QED) is 0.848. The highest BCUT2D eigenvalue weighted by atomic mass is 32.2. The SMILES string of the molecule is CCOC(=O)[C@H]1CCCN1C(=O)c1ccc2c(c1)NC(=O)CCS2. The Kier molecular flexibility index (Phi) is 5.08. The smallest absolute Gasteiger partial charge is 0.328 e. The molecule has 0 aromatic heterocycles. The highest BCUT2D eigenvalue weighted by Crippen LogP contribution is 2.32. The second-order valence-electron chi connectivity index (χ2n) is 5.77. The molecule has 6 nitrogen and oxygen atoms in total. The molecule has 1 aromatic rings. The van der Waals surface area contributed by atoms with Crippen LogP contribution in [-0.2, 0) is 14.3 Å². The summed E-state index contributed by atoms with van der Waals surface area (Å²) in [6.07, 6.45) is 1.87. The Morgan fingerprint density at radius 2 is 2.25 bits per heavy atom. The van der Waals surface area contributed by atoms with Crippen LogP contribution in [0, 0.1) is 0 Å². The molecule has 0 aliphatic carbocycles. The van der Waals surface area contributed by atoms with Crippen molar-refractivity contribution in [3.8, 4) is 0 Å². The Balaban J connectivity index is 1.82. The zero-order valence-corrected chi connectivity index (χ0v) is 14.4. The minimum absolute atomic E-state index is 0.0450. The molecule has 1 aromatic carbocycles. The van der Waals surface area contributed by atoms with Crippen molar-refractivity contribution in [2.45, 2.75) is 37.1 Å². The van der Waals surface area contributed by atoms with Crippen LogP contribution < -0.4 is 5.32 Å². The molecule has 0 bridgehead atoms. The molecular weight excluding hydrogens is 328 g/mol. The molecule has 0 radical (unpaired) electrons. The normalized spacial score (nSPS) is 20.1. The average molecular weight is 348 g/mol. The molecule has 0 unspecified atom stereocenters. The van der Waals surface area contributed by atoms with Crippen LogP contribution in [0.1, 0.15) is 36.5 Å². The van der Waals surface area contributed by atoms with Crippen molar-refractivity contribution in [2.75, 3.05) is 24.2 Å². The average Bonchev–Trinajstić information content (AvgIpc) is 2.97. The van der Waals surface area contributed by atoms with Crippen molar-refractivity contribution in [3.05, 3.63) is 23.8 Å². The molecule has 24 heavy (non-hydrogen) atoms. The Hall–Kier alpha value is -2.02. The van der Waals surface area contributed by atoms with E-state index in [1.807, 2.05) is 6.07 Å². The topological polar surface area (TPSA) is 75.7 Å². The molecule has 128 valence electrons. The lowest BCUT2D eigenvalue weighted by atomic mass is 10.1. The van der Waals surface area contributed by atoms with E-state index in [2.05, 4.69) is 5.32 Å². The maximum Gasteiger partial charge on any atom is 0.328 e. The number of carbonyl (C=O) groups excluding carboxylic acids is 3. The molecular formula is C17H20N2O4S. The molecule has 1 saturated heterocycles. The third-order valence-electron chi connectivity index (χ3n) is 4.16. The van der Waals surface area contributed by atoms with Gasteiger partial charge in [-0.25, -0.2) is 4.79 Å². The number of nitrogens with zero attached hydrogens (tertiary/aromatic N) is 1. The van der Waals surface area contributed by atoms with E-state index in [4.69, 9.17) is 4.74 Å². The van der Waals surface area contributed by atoms with Crippen LogP contribution in [0.4, 0.5) is 5.69 Å². The van der Waals surface area contributed by atoms with Gasteiger partial charge in [-0.3, -0.25) is 9.59 Å². The van der Waals surface area contributed by atoms with E-state index < -0.39 is 6.04 Å². The summed E-state index contributed by atoms with van der Waals surface area (Å²) in [4.78, 5) is 39.1. The van der Waals surface area contributed by atoms with Gasteiger partial charge in [0.05, 0.1) is 12.3 Å². The number of amides is 2. The predicted octanol–water partition coefficient (Wildman–Crippen LogP) is 2.29. The van der Waals surface area contributed by atoms with Gasteiger partial charge in [-0.05, 0) is 38.0 Å². The molecule has 2 amide bonds. The van der Waals surface area contributed by atoms with Gasteiger partial charge >= 0.3 is 5.97 Å². The Bertz CT molecular complexity index is 677. The Morgan fingerprint density at radius 3 is 3.04 bits per heavy atom. The van der Waals surface area contributed by atoms with Crippen molar-refractivity contribution >= 4 is 35.2 Å². The molecule has 1 atom stereocenters. The van der Waals surface area contributed by atoms with Crippen molar-refractivity contribution in [1.82, 2.24) is 4.90 Å². The number of carbonyl (C=O) groups is 3. The van der Waals surface area contributed by atoms with Gasteiger partial charge in [0, 0.05) is 29.2 Å². The second-order valence-corrected chi connectivity index (χ2v) is 6.90. The first-order valence-corrected chi connectivity index (χ1v) is 9.13. The fourth-order valence-electron chi connectivity index (χ4n) is 3.01. The lowest BCUT2D eigenvalue weighted by Gasteiger charge is -2.23. The van der Waals surface area contributed by atoms with Crippen molar-refractivity contribution < 1.29 is 19.1 Å². The van der Waals surface area contributed by atoms with Crippen LogP contribution in [0.3, 0.4) is 0 Å². The monoisotopic (exact) mass is 348 g/mol. The first kappa shape index (κ1) is 16.8. The van der Waals surface area contributed by atoms with E-state index in [0.717, 1.165) is 17.1 Å². The summed E-state index contributed by atoms with van der Waals surface area (Å²) < 4.78 is 5.07. The number of anilines is 1. The first-order valence-electron chi connectivity index (χ1n) is 8.14. The van der Waals surface area contributed by atoms with E-state index in [9.17, 15) is 14.4 Å². The van der Waals surface area contributed by atoms with Crippen molar-refractivity contribution in [3.63, 3.8) is 0 Å². The zero-order valence-electron chi connectivity index (χ0n) is 13.5. The minimum atomic E-state index is -0.514. The number of esters is 1. The maximum atomic E-state index is 12.8. The molecule has 2 heterocycles. The Labute approximate surface area is 144 Å². The van der Waals surface area contributed by atoms with E-state index in [1.165, 1.54) is 0 Å². The number of rotatable bonds is 3. The van der Waals surface area contributed by atoms with Gasteiger partial charge in [-0.15, -0.1) is 11.8 Å². The molecule has 2 aliphatic rings. The van der Waals surface area contributed by atoms with Gasteiger partial charge in [0.25, 0.3) is 5.91 Å². The van der Waals surface area contributed by atoms with E-state index in [0.29, 0.717) is 37.2 Å². The van der Waals surface area contributed by atoms with Crippen LogP contribution in [-0.4, -0.2) is 47.6 Å². The second kappa shape index (κ2) is 7.25. The summed E-state index contributed by atoms with van der Waals surface area (Å²) in [6.45, 7) is 2.60. The van der Waals surface area contributed by atoms with Gasteiger partial charge in [-0.1, -0.05) is 0 Å². The third kappa shape index (κ3) is 3.40. The Morgan fingerprint density at radius 1 is 1.42 bits per heavy atom. The van der Waals surface area contributed by atoms with E-state index in [-0.39, 0.29) is 17.8 Å². The van der Waals surface area contributed by atoms with Crippen molar-refractivity contribution in [2.24, 2.45) is 0 Å². The minimum Gasteiger partial charge on any atom is -0.464 e. The summed E-state index contributed by atoms with van der Waals surface area (Å²) in [6, 6.07) is 4.80. The highest BCUT2D eigenvalue weighted by Gasteiger charge is 2.35. The number of fused-ring (bicyclic) bond motifs is 1. The summed E-state index contributed by atoms with van der Waals surface area (Å²) in [5.41, 5.74) is 1.15. The maximum absolute atomic E-state index is 12.8. The number of hydrogen-bond acceptors (Lipinski definition) is 5. The number of ether oxygens (including phenoxy) is 1. The molecule has 2 aliphatic heterocycles. The lowest BCUT2D eigenvalue weighted by Crippen LogP contribution is -2.41. The van der Waals surface area contributed by atoms with Gasteiger partial charge in [0.1, 0.15) is 6.04 Å². The van der Waals surface area contributed by atoms with Gasteiger partial charge in [-0.2, -0.15) is 0 Å². The summed E-state index contributed by atoms with van der Waals surface area (Å²) >= 11 is 1.60. The van der Waals surface area contributed by atoms with Gasteiger partial charge in [0.2, 0.25) is 5.91 Å². The first-order chi connectivity index (χ1) is 11.6. The van der Waals surface area contributed by atoms with E-state index >= 15 is 0 Å². The van der Waals surface area contributed by atoms with Gasteiger partial charge < -0.3 is 15.0 Å². The molecule has 3 rings (SSSR count). The summed E-state index contributed by atoms with van der Waals surface area (Å²) in [7, 11) is 0. The van der Waals surface area contributed by atoms with Crippen LogP contribution in [0.15, 0.2) is 23.1 Å². The molecule has 1 N–H and O–H groups in total. The number of likely N-dealkylation sites (tertiary alicyclic amines) is 1. The predicted molar refractivity (Wildman–Crippen MR) is 91.1 cm³/mol. The largest absolute Gasteiger partial charge is 0.464 e. The van der Waals surface area contributed by atoms with E-state index in [1.54, 1.807) is 35.7 Å². The third-order valence-corrected chi connectivity index (χ3v) is 5.23. The van der Waals surface area contributed by atoms with Crippen LogP contribution in [0.5, 0.6) is 0 Å². The van der Waals surface area contributed by atoms with Crippen LogP contribution in [0.25, 0.3) is 0 Å². The van der Waals surface area contributed by atoms with Crippen LogP contribution in [0.2, 0.25) is 0 Å². The standard InChI is InChI=1S/C17H20N2O4S/c1-2-23-17(22)13-4-3-8-19(13)16(21)11-5-6-14-12(10-11)18-15(20)7-9-24-14/h5-6,10,13H,2-4,7-9H2,1H3,(H,18,20)/t13-/m1/s1. The van der Waals surface area contributed by atoms with Gasteiger partial charge in [0.15, 0.2) is 0 Å². The number of thioether (sulfide) groups is 1. The van der Waals surface area contributed by atoms with Crippen molar-refractivity contribution in [1.29, 1.82) is 0 Å². The highest BCUT2D eigenvalue weighted by molar-refractivity contribution is 7.99. The fraction of sp³-hybridized carbons (Fsp3) is 0.471. The summed E-state index contributed by atoms with van der Waals surface area (Å²) in [5.74, 6) is 0.138. The molecule has 7 heteroatoms. The number of hydrogen-bond donors (Lipinski definition) is 1. The summed E-state index contributed by atoms with van der Waals surface area (Å²) in [5, 5.41) is 2.84. The number of nitrogens with one attached hydrogen (secondary N) is 1. The molecule has 0 spiro atoms. The molecule has 1 fully saturated rings. The van der Waals surface area contributed by atoms with Crippen LogP contribution >= 0.6 is 11.8 Å². The number of benzene rings is 1. The lowest BCUT2D eigenvalue weighted by molar-refractivity contribution is -0.147. The fourth-order valence-corrected chi connectivity index (χ4v) is 3.95.